The monoisotopic (exact) mass is 639 g/mol. The Morgan fingerprint density at radius 2 is 1.60 bits per heavy atom. The number of likely N-dealkylation sites (N-methyl/N-ethyl adjacent to an activating group) is 1. The highest BCUT2D eigenvalue weighted by molar-refractivity contribution is 9.10. The standard InChI is InChI=1S/C34H50BrN5O2/c1-38-11-13-39(14-12-38)10-7-36-30(41)20-27-21-34(32-28(27)3-2-4-29(32)35)5-8-40(9-6-34)22-31(42)37-33-25-16-23-15-24(18-25)19-26(33)17-23/h2-4,23-27,33H,5-22H2,1H3,(H,36,41)(H,37,42). The molecule has 1 aromatic carbocycles. The van der Waals surface area contributed by atoms with Gasteiger partial charge in [0.2, 0.25) is 11.8 Å². The first-order valence-corrected chi connectivity index (χ1v) is 17.6. The topological polar surface area (TPSA) is 67.9 Å². The SMILES string of the molecule is CN1CCN(CCNC(=O)CC2CC3(CCN(CC(=O)NC4C5CC6CC(C5)CC4C6)CC3)c3c(Br)cccc32)CC1. The summed E-state index contributed by atoms with van der Waals surface area (Å²) < 4.78 is 1.19. The van der Waals surface area contributed by atoms with E-state index in [2.05, 4.69) is 66.5 Å². The first-order chi connectivity index (χ1) is 20.3. The second kappa shape index (κ2) is 12.1. The molecule has 42 heavy (non-hydrogen) atoms. The molecule has 230 valence electrons. The molecular weight excluding hydrogens is 590 g/mol. The number of hydrogen-bond donors (Lipinski definition) is 2. The summed E-state index contributed by atoms with van der Waals surface area (Å²) >= 11 is 3.90. The van der Waals surface area contributed by atoms with Crippen molar-refractivity contribution >= 4 is 27.7 Å². The number of rotatable bonds is 8. The number of carbonyl (C=O) groups excluding carboxylic acids is 2. The lowest BCUT2D eigenvalue weighted by Gasteiger charge is -2.54. The van der Waals surface area contributed by atoms with E-state index in [4.69, 9.17) is 0 Å². The van der Waals surface area contributed by atoms with E-state index in [1.807, 2.05) is 0 Å². The lowest BCUT2D eigenvalue weighted by molar-refractivity contribution is -0.126. The van der Waals surface area contributed by atoms with Gasteiger partial charge in [0.1, 0.15) is 0 Å². The molecule has 1 spiro atoms. The summed E-state index contributed by atoms with van der Waals surface area (Å²) in [6, 6.07) is 6.97. The van der Waals surface area contributed by atoms with Gasteiger partial charge in [-0.25, -0.2) is 0 Å². The third-order valence-electron chi connectivity index (χ3n) is 12.2. The molecule has 7 nitrogen and oxygen atoms in total. The quantitative estimate of drug-likeness (QED) is 0.451. The molecule has 2 heterocycles. The minimum absolute atomic E-state index is 0.0919. The second-order valence-corrected chi connectivity index (χ2v) is 15.7. The zero-order valence-electron chi connectivity index (χ0n) is 25.5. The Hall–Kier alpha value is -1.48. The maximum Gasteiger partial charge on any atom is 0.234 e. The van der Waals surface area contributed by atoms with Gasteiger partial charge < -0.3 is 15.5 Å². The van der Waals surface area contributed by atoms with Crippen LogP contribution < -0.4 is 10.6 Å². The van der Waals surface area contributed by atoms with Gasteiger partial charge in [0.05, 0.1) is 6.54 Å². The number of amides is 2. The summed E-state index contributed by atoms with van der Waals surface area (Å²) in [5.41, 5.74) is 2.87. The molecule has 2 amide bonds. The molecule has 5 aliphatic carbocycles. The molecule has 6 fully saturated rings. The fourth-order valence-corrected chi connectivity index (χ4v) is 11.0. The summed E-state index contributed by atoms with van der Waals surface area (Å²) in [7, 11) is 2.17. The number of halogens is 1. The molecule has 2 saturated heterocycles. The van der Waals surface area contributed by atoms with Gasteiger partial charge >= 0.3 is 0 Å². The van der Waals surface area contributed by atoms with Gasteiger partial charge in [-0.05, 0) is 124 Å². The number of nitrogens with zero attached hydrogens (tertiary/aromatic N) is 3. The number of piperidine rings is 1. The number of likely N-dealkylation sites (tertiary alicyclic amines) is 1. The first kappa shape index (κ1) is 29.2. The van der Waals surface area contributed by atoms with Crippen LogP contribution in [0, 0.1) is 23.7 Å². The smallest absolute Gasteiger partial charge is 0.234 e. The normalized spacial score (nSPS) is 34.0. The number of nitrogens with one attached hydrogen (secondary N) is 2. The van der Waals surface area contributed by atoms with Gasteiger partial charge in [0, 0.05) is 56.2 Å². The van der Waals surface area contributed by atoms with Gasteiger partial charge in [-0.15, -0.1) is 0 Å². The molecule has 1 atom stereocenters. The minimum atomic E-state index is 0.0919. The Balaban J connectivity index is 0.919. The van der Waals surface area contributed by atoms with Crippen molar-refractivity contribution in [1.82, 2.24) is 25.3 Å². The second-order valence-electron chi connectivity index (χ2n) is 14.9. The molecule has 4 saturated carbocycles. The predicted molar refractivity (Wildman–Crippen MR) is 169 cm³/mol. The number of carbonyl (C=O) groups is 2. The van der Waals surface area contributed by atoms with E-state index in [1.54, 1.807) is 0 Å². The number of fused-ring (bicyclic) bond motifs is 2. The highest BCUT2D eigenvalue weighted by Gasteiger charge is 2.49. The van der Waals surface area contributed by atoms with Crippen LogP contribution in [0.3, 0.4) is 0 Å². The Morgan fingerprint density at radius 1 is 0.905 bits per heavy atom. The van der Waals surface area contributed by atoms with E-state index in [0.717, 1.165) is 95.3 Å². The number of benzene rings is 1. The maximum atomic E-state index is 13.2. The average molecular weight is 641 g/mol. The summed E-state index contributed by atoms with van der Waals surface area (Å²) in [4.78, 5) is 33.5. The van der Waals surface area contributed by atoms with Crippen LogP contribution in [-0.4, -0.2) is 98.5 Å². The molecule has 1 unspecified atom stereocenters. The third-order valence-corrected chi connectivity index (χ3v) is 12.8. The van der Waals surface area contributed by atoms with Crippen molar-refractivity contribution in [2.75, 3.05) is 66.0 Å². The van der Waals surface area contributed by atoms with Gasteiger partial charge in [-0.1, -0.05) is 28.1 Å². The summed E-state index contributed by atoms with van der Waals surface area (Å²) in [5, 5.41) is 6.75. The van der Waals surface area contributed by atoms with Crippen LogP contribution in [0.15, 0.2) is 22.7 Å². The van der Waals surface area contributed by atoms with E-state index in [9.17, 15) is 9.59 Å². The van der Waals surface area contributed by atoms with Crippen LogP contribution in [-0.2, 0) is 15.0 Å². The van der Waals surface area contributed by atoms with Crippen molar-refractivity contribution in [3.8, 4) is 0 Å². The molecular formula is C34H50BrN5O2. The predicted octanol–water partition coefficient (Wildman–Crippen LogP) is 3.96. The molecule has 2 aliphatic heterocycles. The van der Waals surface area contributed by atoms with Gasteiger partial charge in [0.25, 0.3) is 0 Å². The fourth-order valence-electron chi connectivity index (χ4n) is 10.2. The van der Waals surface area contributed by atoms with Gasteiger partial charge in [-0.2, -0.15) is 0 Å². The Morgan fingerprint density at radius 3 is 2.29 bits per heavy atom. The zero-order valence-corrected chi connectivity index (χ0v) is 27.0. The van der Waals surface area contributed by atoms with Crippen LogP contribution >= 0.6 is 15.9 Å². The first-order valence-electron chi connectivity index (χ1n) is 16.8. The number of piperazine rings is 1. The van der Waals surface area contributed by atoms with Crippen LogP contribution in [0.2, 0.25) is 0 Å². The van der Waals surface area contributed by atoms with Crippen molar-refractivity contribution < 1.29 is 9.59 Å². The summed E-state index contributed by atoms with van der Waals surface area (Å²) in [5.74, 6) is 3.99. The number of hydrogen-bond acceptors (Lipinski definition) is 5. The lowest BCUT2D eigenvalue weighted by atomic mass is 9.54. The molecule has 2 N–H and O–H groups in total. The molecule has 0 radical (unpaired) electrons. The van der Waals surface area contributed by atoms with Crippen LogP contribution in [0.25, 0.3) is 0 Å². The summed E-state index contributed by atoms with van der Waals surface area (Å²) in [6.45, 7) is 8.46. The highest BCUT2D eigenvalue weighted by Crippen LogP contribution is 2.55. The lowest BCUT2D eigenvalue weighted by Crippen LogP contribution is -2.57. The molecule has 8 heteroatoms. The van der Waals surface area contributed by atoms with Crippen molar-refractivity contribution in [1.29, 1.82) is 0 Å². The van der Waals surface area contributed by atoms with E-state index in [-0.39, 0.29) is 23.1 Å². The van der Waals surface area contributed by atoms with Gasteiger partial charge in [-0.3, -0.25) is 19.4 Å². The molecule has 0 aromatic heterocycles. The van der Waals surface area contributed by atoms with Crippen LogP contribution in [0.5, 0.6) is 0 Å². The maximum absolute atomic E-state index is 13.2. The average Bonchev–Trinajstić information content (AvgIpc) is 3.26. The summed E-state index contributed by atoms with van der Waals surface area (Å²) in [6.07, 6.45) is 10.5. The van der Waals surface area contributed by atoms with Crippen LogP contribution in [0.4, 0.5) is 0 Å². The minimum Gasteiger partial charge on any atom is -0.355 e. The molecule has 1 aromatic rings. The Labute approximate surface area is 260 Å². The van der Waals surface area contributed by atoms with Crippen molar-refractivity contribution in [2.45, 2.75) is 75.2 Å². The highest BCUT2D eigenvalue weighted by atomic mass is 79.9. The molecule has 4 bridgehead atoms. The van der Waals surface area contributed by atoms with E-state index in [0.29, 0.717) is 19.0 Å². The van der Waals surface area contributed by atoms with E-state index < -0.39 is 0 Å². The van der Waals surface area contributed by atoms with Crippen LogP contribution in [0.1, 0.15) is 74.8 Å². The Kier molecular flexibility index (Phi) is 8.45. The molecule has 7 aliphatic rings. The van der Waals surface area contributed by atoms with E-state index >= 15 is 0 Å². The van der Waals surface area contributed by atoms with Crippen molar-refractivity contribution in [3.05, 3.63) is 33.8 Å². The zero-order chi connectivity index (χ0) is 28.8. The third kappa shape index (κ3) is 5.94. The van der Waals surface area contributed by atoms with Gasteiger partial charge in [0.15, 0.2) is 0 Å². The largest absolute Gasteiger partial charge is 0.355 e. The van der Waals surface area contributed by atoms with Crippen molar-refractivity contribution in [3.63, 3.8) is 0 Å². The molecule has 8 rings (SSSR count). The fraction of sp³-hybridized carbons (Fsp3) is 0.765. The van der Waals surface area contributed by atoms with Crippen molar-refractivity contribution in [2.24, 2.45) is 23.7 Å². The Bertz CT molecular complexity index is 1130. The van der Waals surface area contributed by atoms with E-state index in [1.165, 1.54) is 47.7 Å².